The van der Waals surface area contributed by atoms with Crippen molar-refractivity contribution in [2.24, 2.45) is 5.92 Å². The van der Waals surface area contributed by atoms with Crippen LogP contribution >= 0.6 is 15.9 Å². The Morgan fingerprint density at radius 3 is 2.63 bits per heavy atom. The number of ketones is 1. The maximum atomic E-state index is 11.6. The third-order valence-electron chi connectivity index (χ3n) is 2.77. The van der Waals surface area contributed by atoms with Crippen LogP contribution in [0.25, 0.3) is 11.5 Å². The molecule has 2 heterocycles. The van der Waals surface area contributed by atoms with Gasteiger partial charge in [-0.15, -0.1) is 0 Å². The molecule has 100 valence electrons. The second kappa shape index (κ2) is 5.61. The van der Waals surface area contributed by atoms with Crippen molar-refractivity contribution in [1.82, 2.24) is 15.1 Å². The van der Waals surface area contributed by atoms with Crippen molar-refractivity contribution in [3.05, 3.63) is 28.7 Å². The summed E-state index contributed by atoms with van der Waals surface area (Å²) in [6.07, 6.45) is 1.66. The molecular weight excluding hydrogens is 310 g/mol. The number of carbonyl (C=O) groups is 1. The van der Waals surface area contributed by atoms with Crippen molar-refractivity contribution in [1.29, 1.82) is 0 Å². The molecule has 0 aliphatic heterocycles. The summed E-state index contributed by atoms with van der Waals surface area (Å²) < 4.78 is 6.08. The first-order chi connectivity index (χ1) is 8.99. The fraction of sp³-hybridized carbons (Fsp3) is 0.385. The minimum absolute atomic E-state index is 0.0222. The van der Waals surface area contributed by atoms with E-state index in [1.807, 2.05) is 19.9 Å². The number of rotatable bonds is 4. The molecule has 5 nitrogen and oxygen atoms in total. The molecule has 0 saturated heterocycles. The molecule has 1 unspecified atom stereocenters. The maximum Gasteiger partial charge on any atom is 0.237 e. The van der Waals surface area contributed by atoms with Gasteiger partial charge in [-0.05, 0) is 40.9 Å². The van der Waals surface area contributed by atoms with Crippen LogP contribution < -0.4 is 0 Å². The van der Waals surface area contributed by atoms with Gasteiger partial charge in [0, 0.05) is 10.7 Å². The van der Waals surface area contributed by atoms with Gasteiger partial charge in [0.05, 0.1) is 5.92 Å². The van der Waals surface area contributed by atoms with Crippen molar-refractivity contribution in [3.63, 3.8) is 0 Å². The van der Waals surface area contributed by atoms with Crippen LogP contribution in [-0.2, 0) is 4.79 Å². The summed E-state index contributed by atoms with van der Waals surface area (Å²) >= 11 is 3.31. The van der Waals surface area contributed by atoms with Gasteiger partial charge < -0.3 is 4.52 Å². The van der Waals surface area contributed by atoms with E-state index < -0.39 is 0 Å². The second-order valence-corrected chi connectivity index (χ2v) is 5.57. The predicted octanol–water partition coefficient (Wildman–Crippen LogP) is 3.22. The van der Waals surface area contributed by atoms with Crippen molar-refractivity contribution in [2.75, 3.05) is 0 Å². The summed E-state index contributed by atoms with van der Waals surface area (Å²) in [6, 6.07) is 3.64. The van der Waals surface area contributed by atoms with E-state index in [0.717, 1.165) is 4.47 Å². The van der Waals surface area contributed by atoms with Gasteiger partial charge in [-0.2, -0.15) is 4.98 Å². The molecule has 0 radical (unpaired) electrons. The summed E-state index contributed by atoms with van der Waals surface area (Å²) in [5.74, 6) is 0.519. The number of hydrogen-bond acceptors (Lipinski definition) is 5. The van der Waals surface area contributed by atoms with Crippen LogP contribution in [0.3, 0.4) is 0 Å². The molecule has 0 bridgehead atoms. The first kappa shape index (κ1) is 13.9. The Labute approximate surface area is 119 Å². The number of aromatic nitrogens is 3. The lowest BCUT2D eigenvalue weighted by Crippen LogP contribution is -2.15. The van der Waals surface area contributed by atoms with E-state index in [1.54, 1.807) is 12.3 Å². The molecule has 0 aromatic carbocycles. The van der Waals surface area contributed by atoms with Crippen molar-refractivity contribution in [2.45, 2.75) is 26.7 Å². The van der Waals surface area contributed by atoms with Gasteiger partial charge >= 0.3 is 0 Å². The zero-order chi connectivity index (χ0) is 14.0. The fourth-order valence-corrected chi connectivity index (χ4v) is 2.14. The SMILES string of the molecule is CC(=O)C(c1nc(-c2ccc(Br)cn2)no1)C(C)C. The standard InChI is InChI=1S/C13H14BrN3O2/c1-7(2)11(8(3)18)13-16-12(17-19-13)10-5-4-9(14)6-15-10/h4-7,11H,1-3H3. The molecule has 2 aromatic rings. The highest BCUT2D eigenvalue weighted by atomic mass is 79.9. The molecule has 0 aliphatic carbocycles. The average molecular weight is 324 g/mol. The van der Waals surface area contributed by atoms with Gasteiger partial charge in [0.25, 0.3) is 0 Å². The Bertz CT molecular complexity index is 578. The monoisotopic (exact) mass is 323 g/mol. The minimum Gasteiger partial charge on any atom is -0.338 e. The summed E-state index contributed by atoms with van der Waals surface area (Å²) in [5.41, 5.74) is 0.615. The Kier molecular flexibility index (Phi) is 4.09. The largest absolute Gasteiger partial charge is 0.338 e. The Balaban J connectivity index is 2.32. The fourth-order valence-electron chi connectivity index (χ4n) is 1.90. The summed E-state index contributed by atoms with van der Waals surface area (Å²) in [4.78, 5) is 20.1. The predicted molar refractivity (Wildman–Crippen MR) is 73.5 cm³/mol. The first-order valence-electron chi connectivity index (χ1n) is 5.95. The Morgan fingerprint density at radius 2 is 2.11 bits per heavy atom. The quantitative estimate of drug-likeness (QED) is 0.864. The summed E-state index contributed by atoms with van der Waals surface area (Å²) in [7, 11) is 0. The highest BCUT2D eigenvalue weighted by molar-refractivity contribution is 9.10. The molecule has 0 aliphatic rings. The topological polar surface area (TPSA) is 68.9 Å². The zero-order valence-electron chi connectivity index (χ0n) is 10.9. The Morgan fingerprint density at radius 1 is 1.37 bits per heavy atom. The molecule has 19 heavy (non-hydrogen) atoms. The van der Waals surface area contributed by atoms with Crippen LogP contribution in [0.15, 0.2) is 27.3 Å². The zero-order valence-corrected chi connectivity index (χ0v) is 12.5. The summed E-state index contributed by atoms with van der Waals surface area (Å²) in [5, 5.41) is 3.89. The van der Waals surface area contributed by atoms with Crippen LogP contribution in [-0.4, -0.2) is 20.9 Å². The molecule has 6 heteroatoms. The number of hydrogen-bond donors (Lipinski definition) is 0. The van der Waals surface area contributed by atoms with E-state index in [-0.39, 0.29) is 17.6 Å². The molecule has 2 aromatic heterocycles. The van der Waals surface area contributed by atoms with Crippen LogP contribution in [0, 0.1) is 5.92 Å². The lowest BCUT2D eigenvalue weighted by Gasteiger charge is -2.12. The second-order valence-electron chi connectivity index (χ2n) is 4.65. The van der Waals surface area contributed by atoms with E-state index >= 15 is 0 Å². The molecular formula is C13H14BrN3O2. The first-order valence-corrected chi connectivity index (χ1v) is 6.74. The summed E-state index contributed by atoms with van der Waals surface area (Å²) in [6.45, 7) is 5.44. The van der Waals surface area contributed by atoms with Crippen molar-refractivity contribution >= 4 is 21.7 Å². The molecule has 2 rings (SSSR count). The number of carbonyl (C=O) groups excluding carboxylic acids is 1. The van der Waals surface area contributed by atoms with Gasteiger partial charge in [-0.25, -0.2) is 0 Å². The number of nitrogens with zero attached hydrogens (tertiary/aromatic N) is 3. The lowest BCUT2D eigenvalue weighted by molar-refractivity contribution is -0.119. The van der Waals surface area contributed by atoms with Crippen molar-refractivity contribution < 1.29 is 9.32 Å². The molecule has 0 saturated carbocycles. The maximum absolute atomic E-state index is 11.6. The van der Waals surface area contributed by atoms with E-state index in [4.69, 9.17) is 4.52 Å². The van der Waals surface area contributed by atoms with E-state index in [9.17, 15) is 4.79 Å². The van der Waals surface area contributed by atoms with E-state index in [0.29, 0.717) is 17.4 Å². The molecule has 0 amide bonds. The number of halogens is 1. The van der Waals surface area contributed by atoms with Gasteiger partial charge in [0.1, 0.15) is 11.5 Å². The Hall–Kier alpha value is -1.56. The molecule has 1 atom stereocenters. The van der Waals surface area contributed by atoms with Gasteiger partial charge in [-0.3, -0.25) is 9.78 Å². The molecule has 0 fully saturated rings. The highest BCUT2D eigenvalue weighted by Crippen LogP contribution is 2.26. The van der Waals surface area contributed by atoms with Crippen LogP contribution in [0.5, 0.6) is 0 Å². The van der Waals surface area contributed by atoms with E-state index in [2.05, 4.69) is 31.1 Å². The van der Waals surface area contributed by atoms with Gasteiger partial charge in [0.15, 0.2) is 0 Å². The average Bonchev–Trinajstić information content (AvgIpc) is 2.78. The molecule has 0 N–H and O–H groups in total. The third-order valence-corrected chi connectivity index (χ3v) is 3.24. The van der Waals surface area contributed by atoms with Crippen LogP contribution in [0.2, 0.25) is 0 Å². The van der Waals surface area contributed by atoms with Gasteiger partial charge in [-0.1, -0.05) is 19.0 Å². The molecule has 0 spiro atoms. The van der Waals surface area contributed by atoms with Crippen molar-refractivity contribution in [3.8, 4) is 11.5 Å². The third kappa shape index (κ3) is 3.07. The van der Waals surface area contributed by atoms with Crippen LogP contribution in [0.4, 0.5) is 0 Å². The normalized spacial score (nSPS) is 12.7. The lowest BCUT2D eigenvalue weighted by atomic mass is 9.92. The van der Waals surface area contributed by atoms with E-state index in [1.165, 1.54) is 6.92 Å². The van der Waals surface area contributed by atoms with Gasteiger partial charge in [0.2, 0.25) is 11.7 Å². The smallest absolute Gasteiger partial charge is 0.237 e. The highest BCUT2D eigenvalue weighted by Gasteiger charge is 2.27. The number of Topliss-reactive ketones (excluding diaryl/α,β-unsaturated/α-hetero) is 1. The van der Waals surface area contributed by atoms with Crippen LogP contribution in [0.1, 0.15) is 32.6 Å². The minimum atomic E-state index is -0.364. The number of pyridine rings is 1.